The molecule has 0 unspecified atom stereocenters. The van der Waals surface area contributed by atoms with Crippen LogP contribution in [-0.2, 0) is 28.7 Å². The second-order valence-electron chi connectivity index (χ2n) is 9.28. The highest BCUT2D eigenvalue weighted by Crippen LogP contribution is 2.39. The number of hydrogen-bond acceptors (Lipinski definition) is 5. The van der Waals surface area contributed by atoms with Gasteiger partial charge in [0.2, 0.25) is 0 Å². The minimum absolute atomic E-state index is 0.0732. The van der Waals surface area contributed by atoms with Crippen LogP contribution in [0.1, 0.15) is 47.8 Å². The maximum absolute atomic E-state index is 14.5. The van der Waals surface area contributed by atoms with Crippen molar-refractivity contribution in [3.05, 3.63) is 82.4 Å². The van der Waals surface area contributed by atoms with E-state index in [0.29, 0.717) is 6.07 Å². The van der Waals surface area contributed by atoms with Crippen LogP contribution in [-0.4, -0.2) is 27.8 Å². The largest absolute Gasteiger partial charge is 0.506 e. The van der Waals surface area contributed by atoms with Gasteiger partial charge in [-0.15, -0.1) is 0 Å². The summed E-state index contributed by atoms with van der Waals surface area (Å²) in [4.78, 5) is 23.4. The molecule has 0 heterocycles. The number of ether oxygens (including phenoxy) is 2. The average molecular weight is 538 g/mol. The highest BCUT2D eigenvalue weighted by atomic mass is 19.4. The first-order chi connectivity index (χ1) is 17.6. The van der Waals surface area contributed by atoms with Crippen molar-refractivity contribution >= 4 is 11.9 Å². The van der Waals surface area contributed by atoms with Gasteiger partial charge in [-0.1, -0.05) is 30.3 Å². The number of phenolic OH excluding ortho intramolecular Hbond substituents is 1. The Morgan fingerprint density at radius 3 is 2.03 bits per heavy atom. The van der Waals surface area contributed by atoms with Crippen LogP contribution in [0.4, 0.5) is 22.0 Å². The van der Waals surface area contributed by atoms with Crippen molar-refractivity contribution < 1.29 is 51.2 Å². The molecule has 0 aliphatic heterocycles. The predicted octanol–water partition coefficient (Wildman–Crippen LogP) is 6.52. The number of carbonyl (C=O) groups excluding carboxylic acids is 1. The van der Waals surface area contributed by atoms with Crippen LogP contribution < -0.4 is 4.74 Å². The molecule has 0 atom stereocenters. The van der Waals surface area contributed by atoms with E-state index in [0.717, 1.165) is 6.07 Å². The molecule has 0 bridgehead atoms. The minimum atomic E-state index is -4.92. The number of alkyl halides is 3. The SMILES string of the molecule is CC(C)(C)OC(=O)c1c(COc2ccc(-c3ccc(CC(=O)O)c(F)c3F)cc2)ccc(C(F)(F)F)c1O. The maximum Gasteiger partial charge on any atom is 0.419 e. The van der Waals surface area contributed by atoms with Crippen molar-refractivity contribution in [2.45, 2.75) is 45.6 Å². The van der Waals surface area contributed by atoms with E-state index in [4.69, 9.17) is 14.6 Å². The number of benzene rings is 3. The summed E-state index contributed by atoms with van der Waals surface area (Å²) in [5.41, 5.74) is -3.40. The van der Waals surface area contributed by atoms with E-state index in [1.165, 1.54) is 57.2 Å². The zero-order valence-electron chi connectivity index (χ0n) is 20.5. The number of aliphatic carboxylic acids is 1. The van der Waals surface area contributed by atoms with Gasteiger partial charge in [0.15, 0.2) is 11.6 Å². The van der Waals surface area contributed by atoms with Crippen molar-refractivity contribution in [3.8, 4) is 22.6 Å². The summed E-state index contributed by atoms with van der Waals surface area (Å²) in [6, 6.07) is 9.57. The van der Waals surface area contributed by atoms with E-state index in [9.17, 15) is 36.6 Å². The third kappa shape index (κ3) is 6.58. The van der Waals surface area contributed by atoms with Crippen LogP contribution >= 0.6 is 0 Å². The van der Waals surface area contributed by atoms with E-state index in [1.54, 1.807) is 0 Å². The third-order valence-electron chi connectivity index (χ3n) is 5.24. The fraction of sp³-hybridized carbons (Fsp3) is 0.259. The Morgan fingerprint density at radius 1 is 0.868 bits per heavy atom. The van der Waals surface area contributed by atoms with Gasteiger partial charge in [-0.25, -0.2) is 13.6 Å². The molecule has 0 aliphatic carbocycles. The Morgan fingerprint density at radius 2 is 1.47 bits per heavy atom. The Kier molecular flexibility index (Phi) is 7.99. The summed E-state index contributed by atoms with van der Waals surface area (Å²) < 4.78 is 79.4. The monoisotopic (exact) mass is 538 g/mol. The first kappa shape index (κ1) is 28.4. The number of esters is 1. The summed E-state index contributed by atoms with van der Waals surface area (Å²) in [6.45, 7) is 4.12. The van der Waals surface area contributed by atoms with Crippen LogP contribution in [0.2, 0.25) is 0 Å². The fourth-order valence-corrected chi connectivity index (χ4v) is 3.54. The highest BCUT2D eigenvalue weighted by Gasteiger charge is 2.37. The number of carboxylic acid groups (broad SMARTS) is 1. The molecule has 0 fully saturated rings. The van der Waals surface area contributed by atoms with E-state index in [-0.39, 0.29) is 28.0 Å². The van der Waals surface area contributed by atoms with Gasteiger partial charge in [-0.05, 0) is 44.5 Å². The second-order valence-corrected chi connectivity index (χ2v) is 9.28. The molecule has 3 aromatic carbocycles. The molecule has 0 spiro atoms. The molecule has 2 N–H and O–H groups in total. The van der Waals surface area contributed by atoms with Crippen LogP contribution in [0, 0.1) is 11.6 Å². The van der Waals surface area contributed by atoms with Crippen molar-refractivity contribution in [1.29, 1.82) is 0 Å². The quantitative estimate of drug-likeness (QED) is 0.263. The van der Waals surface area contributed by atoms with Gasteiger partial charge in [-0.3, -0.25) is 4.79 Å². The second kappa shape index (κ2) is 10.7. The first-order valence-electron chi connectivity index (χ1n) is 11.2. The summed E-state index contributed by atoms with van der Waals surface area (Å²) in [5, 5.41) is 19.1. The van der Waals surface area contributed by atoms with Crippen molar-refractivity contribution in [2.24, 2.45) is 0 Å². The molecular formula is C27H23F5O6. The Bertz CT molecular complexity index is 1360. The molecule has 0 radical (unpaired) electrons. The molecule has 0 amide bonds. The highest BCUT2D eigenvalue weighted by molar-refractivity contribution is 5.95. The number of halogens is 5. The summed E-state index contributed by atoms with van der Waals surface area (Å²) in [7, 11) is 0. The number of hydrogen-bond donors (Lipinski definition) is 2. The Hall–Kier alpha value is -4.15. The number of aromatic hydroxyl groups is 1. The van der Waals surface area contributed by atoms with Gasteiger partial charge in [0.1, 0.15) is 29.3 Å². The molecule has 11 heteroatoms. The van der Waals surface area contributed by atoms with Gasteiger partial charge in [0, 0.05) is 16.7 Å². The fourth-order valence-electron chi connectivity index (χ4n) is 3.54. The van der Waals surface area contributed by atoms with Crippen molar-refractivity contribution in [2.75, 3.05) is 0 Å². The Labute approximate surface area is 214 Å². The lowest BCUT2D eigenvalue weighted by Gasteiger charge is -2.22. The van der Waals surface area contributed by atoms with Crippen LogP contribution in [0.3, 0.4) is 0 Å². The maximum atomic E-state index is 14.5. The first-order valence-corrected chi connectivity index (χ1v) is 11.2. The number of carboxylic acids is 1. The number of carbonyl (C=O) groups is 2. The van der Waals surface area contributed by atoms with E-state index in [1.807, 2.05) is 0 Å². The minimum Gasteiger partial charge on any atom is -0.506 e. The molecule has 0 saturated heterocycles. The molecule has 0 saturated carbocycles. The topological polar surface area (TPSA) is 93.1 Å². The summed E-state index contributed by atoms with van der Waals surface area (Å²) in [6.07, 6.45) is -5.60. The van der Waals surface area contributed by atoms with Gasteiger partial charge >= 0.3 is 18.1 Å². The van der Waals surface area contributed by atoms with Gasteiger partial charge in [-0.2, -0.15) is 13.2 Å². The average Bonchev–Trinajstić information content (AvgIpc) is 2.79. The summed E-state index contributed by atoms with van der Waals surface area (Å²) >= 11 is 0. The normalized spacial score (nSPS) is 11.8. The van der Waals surface area contributed by atoms with Gasteiger partial charge in [0.05, 0.1) is 12.0 Å². The van der Waals surface area contributed by atoms with Crippen molar-refractivity contribution in [1.82, 2.24) is 0 Å². The zero-order valence-corrected chi connectivity index (χ0v) is 20.5. The lowest BCUT2D eigenvalue weighted by atomic mass is 10.0. The molecule has 0 aliphatic rings. The molecule has 38 heavy (non-hydrogen) atoms. The smallest absolute Gasteiger partial charge is 0.419 e. The lowest BCUT2D eigenvalue weighted by molar-refractivity contribution is -0.139. The summed E-state index contributed by atoms with van der Waals surface area (Å²) in [5.74, 6) is -6.09. The standard InChI is InChI=1S/C27H23F5O6/c1-26(2,3)38-25(36)21-16(7-11-19(24(21)35)27(30,31)32)13-37-17-8-4-14(5-9-17)18-10-6-15(12-20(33)34)22(28)23(18)29/h4-11,35H,12-13H2,1-3H3,(H,33,34). The number of phenols is 1. The molecule has 3 rings (SSSR count). The zero-order chi connectivity index (χ0) is 28.4. The molecule has 0 aromatic heterocycles. The van der Waals surface area contributed by atoms with Crippen LogP contribution in [0.15, 0.2) is 48.5 Å². The van der Waals surface area contributed by atoms with E-state index >= 15 is 0 Å². The lowest BCUT2D eigenvalue weighted by Crippen LogP contribution is -2.25. The van der Waals surface area contributed by atoms with Gasteiger partial charge < -0.3 is 19.7 Å². The van der Waals surface area contributed by atoms with Gasteiger partial charge in [0.25, 0.3) is 0 Å². The molecule has 3 aromatic rings. The van der Waals surface area contributed by atoms with Crippen LogP contribution in [0.5, 0.6) is 11.5 Å². The van der Waals surface area contributed by atoms with Crippen molar-refractivity contribution in [3.63, 3.8) is 0 Å². The van der Waals surface area contributed by atoms with E-state index in [2.05, 4.69) is 0 Å². The molecular weight excluding hydrogens is 515 g/mol. The van der Waals surface area contributed by atoms with Crippen LogP contribution in [0.25, 0.3) is 11.1 Å². The Balaban J connectivity index is 1.86. The predicted molar refractivity (Wildman–Crippen MR) is 126 cm³/mol. The molecule has 6 nitrogen and oxygen atoms in total. The molecule has 202 valence electrons. The third-order valence-corrected chi connectivity index (χ3v) is 5.24. The van der Waals surface area contributed by atoms with E-state index < -0.39 is 65.3 Å². The number of rotatable bonds is 7.